The molecule has 6 rings (SSSR count). The topological polar surface area (TPSA) is 107 Å². The summed E-state index contributed by atoms with van der Waals surface area (Å²) in [6.07, 6.45) is 1.73. The number of alkyl halides is 3. The first-order valence-electron chi connectivity index (χ1n) is 16.5. The van der Waals surface area contributed by atoms with Crippen molar-refractivity contribution in [3.05, 3.63) is 52.3 Å². The molecule has 0 bridgehead atoms. The fraction of sp³-hybridized carbons (Fsp3) is 0.559. The number of rotatable bonds is 9. The summed E-state index contributed by atoms with van der Waals surface area (Å²) >= 11 is 1.06. The Morgan fingerprint density at radius 2 is 1.79 bits per heavy atom. The second-order valence-corrected chi connectivity index (χ2v) is 16.6. The Morgan fingerprint density at radius 3 is 2.44 bits per heavy atom. The predicted molar refractivity (Wildman–Crippen MR) is 183 cm³/mol. The fourth-order valence-electron chi connectivity index (χ4n) is 7.91. The Kier molecular flexibility index (Phi) is 9.79. The molecule has 48 heavy (non-hydrogen) atoms. The zero-order valence-corrected chi connectivity index (χ0v) is 29.4. The van der Waals surface area contributed by atoms with Gasteiger partial charge in [0.05, 0.1) is 18.1 Å². The van der Waals surface area contributed by atoms with Crippen molar-refractivity contribution in [2.45, 2.75) is 96.7 Å². The van der Waals surface area contributed by atoms with Crippen LogP contribution in [0, 0.1) is 24.2 Å². The van der Waals surface area contributed by atoms with Crippen LogP contribution < -0.4 is 5.32 Å². The Hall–Kier alpha value is -3.25. The van der Waals surface area contributed by atoms with Crippen molar-refractivity contribution in [1.29, 1.82) is 5.26 Å². The predicted octanol–water partition coefficient (Wildman–Crippen LogP) is 6.85. The lowest BCUT2D eigenvalue weighted by atomic mass is 9.86. The van der Waals surface area contributed by atoms with Crippen molar-refractivity contribution >= 4 is 48.3 Å². The molecule has 1 N–H and O–H groups in total. The normalized spacial score (nSPS) is 22.0. The monoisotopic (exact) mass is 701 g/mol. The summed E-state index contributed by atoms with van der Waals surface area (Å²) in [6, 6.07) is 10.3. The minimum atomic E-state index is -4.26. The van der Waals surface area contributed by atoms with E-state index < -0.39 is 22.6 Å². The third kappa shape index (κ3) is 7.49. The molecule has 0 amide bonds. The number of benzene rings is 1. The van der Waals surface area contributed by atoms with Gasteiger partial charge in [-0.15, -0.1) is 11.3 Å². The number of nitrogens with zero attached hydrogens (tertiary/aromatic N) is 6. The van der Waals surface area contributed by atoms with Crippen molar-refractivity contribution in [1.82, 2.24) is 23.7 Å². The van der Waals surface area contributed by atoms with Crippen LogP contribution in [0.4, 0.5) is 19.0 Å². The number of hydrogen-bond donors (Lipinski definition) is 1. The number of thiophene rings is 1. The number of sulfonamides is 1. The van der Waals surface area contributed by atoms with E-state index >= 15 is 0 Å². The van der Waals surface area contributed by atoms with Gasteiger partial charge in [0.2, 0.25) is 10.0 Å². The molecule has 2 atom stereocenters. The van der Waals surface area contributed by atoms with Crippen molar-refractivity contribution in [3.63, 3.8) is 0 Å². The van der Waals surface area contributed by atoms with Gasteiger partial charge in [0.15, 0.2) is 0 Å². The number of aromatic nitrogens is 3. The number of aryl methyl sites for hydroxylation is 2. The average Bonchev–Trinajstić information content (AvgIpc) is 3.57. The van der Waals surface area contributed by atoms with Crippen LogP contribution in [0.5, 0.6) is 0 Å². The number of likely N-dealkylation sites (tertiary alicyclic amines) is 1. The number of nitrogens with one attached hydrogen (secondary N) is 1. The van der Waals surface area contributed by atoms with Crippen molar-refractivity contribution in [2.75, 3.05) is 24.7 Å². The molecule has 1 aromatic carbocycles. The molecule has 0 spiro atoms. The molecule has 2 saturated heterocycles. The third-order valence-corrected chi connectivity index (χ3v) is 12.5. The van der Waals surface area contributed by atoms with Crippen molar-refractivity contribution < 1.29 is 21.6 Å². The third-order valence-electron chi connectivity index (χ3n) is 10.0. The lowest BCUT2D eigenvalue weighted by molar-refractivity contribution is -0.126. The minimum absolute atomic E-state index is 0.0413. The standard InChI is InChI=1S/C34H42F3N7O2S2/c1-21-13-24(14-22(2)44(21)48(4,45)46)7-12-43-27(18-38)15-29-23(3)25(5-6-31(29)43)19-42-10-8-26(9-11-42)41-32-30-16-28(17-34(35,36)37)47-33(30)40-20-39-32/h5-6,15-16,20-22,24,26H,7-14,17,19H2,1-4H3,(H,39,40,41)/t21-,22-/m1/s1. The van der Waals surface area contributed by atoms with Gasteiger partial charge in [-0.05, 0) is 88.1 Å². The van der Waals surface area contributed by atoms with E-state index in [2.05, 4.69) is 49.9 Å². The van der Waals surface area contributed by atoms with Crippen LogP contribution >= 0.6 is 11.3 Å². The van der Waals surface area contributed by atoms with Crippen LogP contribution in [-0.2, 0) is 29.5 Å². The molecule has 2 aliphatic heterocycles. The highest BCUT2D eigenvalue weighted by Gasteiger charge is 2.36. The molecule has 0 unspecified atom stereocenters. The molecule has 0 saturated carbocycles. The first kappa shape index (κ1) is 34.6. The number of piperidine rings is 2. The average molecular weight is 702 g/mol. The quantitative estimate of drug-likeness (QED) is 0.204. The van der Waals surface area contributed by atoms with Crippen LogP contribution in [0.1, 0.15) is 67.6 Å². The van der Waals surface area contributed by atoms with Gasteiger partial charge in [-0.25, -0.2) is 18.4 Å². The molecule has 4 aromatic rings. The summed E-state index contributed by atoms with van der Waals surface area (Å²) in [6.45, 7) is 9.33. The number of hydrogen-bond acceptors (Lipinski definition) is 8. The van der Waals surface area contributed by atoms with Crippen LogP contribution in [0.15, 0.2) is 30.6 Å². The smallest absolute Gasteiger partial charge is 0.367 e. The fourth-order valence-corrected chi connectivity index (χ4v) is 10.4. The highest BCUT2D eigenvalue weighted by Crippen LogP contribution is 2.35. The molecule has 9 nitrogen and oxygen atoms in total. The summed E-state index contributed by atoms with van der Waals surface area (Å²) in [4.78, 5) is 11.7. The highest BCUT2D eigenvalue weighted by molar-refractivity contribution is 7.88. The molecule has 0 radical (unpaired) electrons. The van der Waals surface area contributed by atoms with Crippen LogP contribution in [0.25, 0.3) is 21.1 Å². The van der Waals surface area contributed by atoms with Crippen LogP contribution in [-0.4, -0.2) is 75.8 Å². The van der Waals surface area contributed by atoms with Crippen LogP contribution in [0.3, 0.4) is 0 Å². The van der Waals surface area contributed by atoms with E-state index in [9.17, 15) is 26.9 Å². The second kappa shape index (κ2) is 13.6. The van der Waals surface area contributed by atoms with E-state index in [0.29, 0.717) is 34.2 Å². The Bertz CT molecular complexity index is 1930. The molecule has 258 valence electrons. The minimum Gasteiger partial charge on any atom is -0.367 e. The second-order valence-electron chi connectivity index (χ2n) is 13.6. The van der Waals surface area contributed by atoms with Gasteiger partial charge in [0, 0.05) is 60.1 Å². The van der Waals surface area contributed by atoms with E-state index in [0.717, 1.165) is 74.0 Å². The first-order valence-corrected chi connectivity index (χ1v) is 19.2. The zero-order valence-electron chi connectivity index (χ0n) is 27.7. The van der Waals surface area contributed by atoms with Crippen molar-refractivity contribution in [2.24, 2.45) is 5.92 Å². The summed E-state index contributed by atoms with van der Waals surface area (Å²) in [5, 5.41) is 15.2. The summed E-state index contributed by atoms with van der Waals surface area (Å²) < 4.78 is 67.2. The van der Waals surface area contributed by atoms with E-state index in [1.165, 1.54) is 23.7 Å². The SMILES string of the molecule is Cc1c(CN2CCC(Nc3ncnc4sc(CC(F)(F)F)cc34)CC2)ccc2c1cc(C#N)n2CCC1C[C@@H](C)N(S(C)(=O)=O)[C@H](C)C1. The highest BCUT2D eigenvalue weighted by atomic mass is 32.2. The number of halogens is 3. The van der Waals surface area contributed by atoms with E-state index in [1.807, 2.05) is 19.9 Å². The first-order chi connectivity index (χ1) is 22.7. The molecule has 0 aliphatic carbocycles. The Labute approximate surface area is 283 Å². The van der Waals surface area contributed by atoms with Gasteiger partial charge in [0.25, 0.3) is 0 Å². The summed E-state index contributed by atoms with van der Waals surface area (Å²) in [7, 11) is -3.25. The van der Waals surface area contributed by atoms with Gasteiger partial charge in [-0.3, -0.25) is 4.90 Å². The summed E-state index contributed by atoms with van der Waals surface area (Å²) in [5.41, 5.74) is 4.08. The number of anilines is 1. The van der Waals surface area contributed by atoms with Crippen LogP contribution in [0.2, 0.25) is 0 Å². The van der Waals surface area contributed by atoms with E-state index in [1.54, 1.807) is 10.4 Å². The molecule has 14 heteroatoms. The Balaban J connectivity index is 1.08. The summed E-state index contributed by atoms with van der Waals surface area (Å²) in [5.74, 6) is 0.970. The Morgan fingerprint density at radius 1 is 1.08 bits per heavy atom. The van der Waals surface area contributed by atoms with Gasteiger partial charge >= 0.3 is 6.18 Å². The molecule has 3 aromatic heterocycles. The number of fused-ring (bicyclic) bond motifs is 2. The van der Waals surface area contributed by atoms with Gasteiger partial charge in [-0.1, -0.05) is 6.07 Å². The molecule has 2 aliphatic rings. The van der Waals surface area contributed by atoms with Crippen molar-refractivity contribution in [3.8, 4) is 6.07 Å². The largest absolute Gasteiger partial charge is 0.393 e. The van der Waals surface area contributed by atoms with Gasteiger partial charge in [-0.2, -0.15) is 22.7 Å². The lowest BCUT2D eigenvalue weighted by Crippen LogP contribution is -2.49. The molecule has 5 heterocycles. The molecule has 2 fully saturated rings. The number of nitriles is 1. The van der Waals surface area contributed by atoms with E-state index in [4.69, 9.17) is 0 Å². The maximum absolute atomic E-state index is 12.9. The maximum Gasteiger partial charge on any atom is 0.393 e. The zero-order chi connectivity index (χ0) is 34.4. The lowest BCUT2D eigenvalue weighted by Gasteiger charge is -2.41. The molecular weight excluding hydrogens is 660 g/mol. The van der Waals surface area contributed by atoms with Gasteiger partial charge in [0.1, 0.15) is 28.7 Å². The van der Waals surface area contributed by atoms with E-state index in [-0.39, 0.29) is 23.0 Å². The maximum atomic E-state index is 12.9. The van der Waals surface area contributed by atoms with Gasteiger partial charge < -0.3 is 9.88 Å². The molecular formula is C34H42F3N7O2S2.